The maximum Gasteiger partial charge on any atom is 0.0187 e. The van der Waals surface area contributed by atoms with E-state index in [2.05, 4.69) is 13.8 Å². The second-order valence-corrected chi connectivity index (χ2v) is 3.36. The van der Waals surface area contributed by atoms with Gasteiger partial charge in [-0.25, -0.2) is 0 Å². The Morgan fingerprint density at radius 2 is 1.92 bits per heavy atom. The van der Waals surface area contributed by atoms with Crippen LogP contribution in [0.3, 0.4) is 0 Å². The summed E-state index contributed by atoms with van der Waals surface area (Å²) in [6.07, 6.45) is 1.59. The minimum absolute atomic E-state index is 0.348. The molecule has 0 aromatic heterocycles. The van der Waals surface area contributed by atoms with Gasteiger partial charge in [0.15, 0.2) is 0 Å². The van der Waals surface area contributed by atoms with Crippen molar-refractivity contribution in [3.8, 4) is 0 Å². The molecule has 0 atom stereocenters. The minimum Gasteiger partial charge on any atom is -0.404 e. The van der Waals surface area contributed by atoms with E-state index >= 15 is 0 Å². The van der Waals surface area contributed by atoms with Crippen LogP contribution in [0.5, 0.6) is 0 Å². The molecule has 13 heavy (non-hydrogen) atoms. The molecule has 0 fully saturated rings. The van der Waals surface area contributed by atoms with Crippen LogP contribution in [0, 0.1) is 5.92 Å². The Balaban J connectivity index is 3.54. The third-order valence-electron chi connectivity index (χ3n) is 2.07. The number of hydrogen-bond donors (Lipinski definition) is 2. The lowest BCUT2D eigenvalue weighted by Crippen LogP contribution is -2.32. The first-order valence-electron chi connectivity index (χ1n) is 4.43. The van der Waals surface area contributed by atoms with E-state index in [1.165, 1.54) is 0 Å². The first kappa shape index (κ1) is 9.65. The number of nitrogens with two attached hydrogens (primary N) is 2. The van der Waals surface area contributed by atoms with Crippen molar-refractivity contribution in [2.75, 3.05) is 0 Å². The van der Waals surface area contributed by atoms with E-state index in [-0.39, 0.29) is 0 Å². The molecule has 0 aliphatic heterocycles. The summed E-state index contributed by atoms with van der Waals surface area (Å²) in [6.45, 7) is 4.14. The molecule has 1 rings (SSSR count). The van der Waals surface area contributed by atoms with E-state index in [0.29, 0.717) is 5.92 Å². The van der Waals surface area contributed by atoms with E-state index in [9.17, 15) is 0 Å². The summed E-state index contributed by atoms with van der Waals surface area (Å²) < 4.78 is 0. The summed E-state index contributed by atoms with van der Waals surface area (Å²) in [5, 5.41) is 2.04. The van der Waals surface area contributed by atoms with Crippen molar-refractivity contribution in [3.63, 3.8) is 0 Å². The summed E-state index contributed by atoms with van der Waals surface area (Å²) >= 11 is 0. The lowest BCUT2D eigenvalue weighted by atomic mass is 10.1. The summed E-state index contributed by atoms with van der Waals surface area (Å²) in [7, 11) is 0. The monoisotopic (exact) mass is 176 g/mol. The maximum absolute atomic E-state index is 5.96. The lowest BCUT2D eigenvalue weighted by molar-refractivity contribution is 0.832. The van der Waals surface area contributed by atoms with Gasteiger partial charge in [-0.15, -0.1) is 0 Å². The van der Waals surface area contributed by atoms with E-state index in [4.69, 9.17) is 11.5 Å². The zero-order valence-electron chi connectivity index (χ0n) is 8.12. The van der Waals surface area contributed by atoms with E-state index in [1.54, 1.807) is 6.20 Å². The molecule has 4 N–H and O–H groups in total. The van der Waals surface area contributed by atoms with Crippen LogP contribution < -0.4 is 21.9 Å². The number of benzene rings is 1. The third kappa shape index (κ3) is 2.02. The van der Waals surface area contributed by atoms with Crippen LogP contribution in [0.1, 0.15) is 13.8 Å². The topological polar surface area (TPSA) is 52.0 Å². The second kappa shape index (κ2) is 3.99. The predicted octanol–water partition coefficient (Wildman–Crippen LogP) is 0.106. The van der Waals surface area contributed by atoms with Gasteiger partial charge in [-0.1, -0.05) is 38.1 Å². The van der Waals surface area contributed by atoms with Crippen LogP contribution >= 0.6 is 0 Å². The fraction of sp³-hybridized carbons (Fsp3) is 0.273. The molecule has 0 unspecified atom stereocenters. The highest BCUT2D eigenvalue weighted by Crippen LogP contribution is 1.99. The molecule has 2 nitrogen and oxygen atoms in total. The Morgan fingerprint density at radius 3 is 2.46 bits per heavy atom. The van der Waals surface area contributed by atoms with Gasteiger partial charge in [-0.05, 0) is 11.1 Å². The van der Waals surface area contributed by atoms with Crippen molar-refractivity contribution in [2.24, 2.45) is 17.4 Å². The Kier molecular flexibility index (Phi) is 2.96. The summed E-state index contributed by atoms with van der Waals surface area (Å²) in [4.78, 5) is 0. The van der Waals surface area contributed by atoms with Crippen molar-refractivity contribution >= 4 is 11.9 Å². The highest BCUT2D eigenvalue weighted by atomic mass is 14.6. The molecular weight excluding hydrogens is 160 g/mol. The molecule has 0 bridgehead atoms. The normalized spacial score (nSPS) is 14.8. The van der Waals surface area contributed by atoms with Crippen LogP contribution in [0.2, 0.25) is 0 Å². The highest BCUT2D eigenvalue weighted by molar-refractivity contribution is 5.43. The van der Waals surface area contributed by atoms with E-state index in [1.807, 2.05) is 24.3 Å². The zero-order valence-corrected chi connectivity index (χ0v) is 8.12. The third-order valence-corrected chi connectivity index (χ3v) is 2.07. The molecule has 0 spiro atoms. The van der Waals surface area contributed by atoms with Gasteiger partial charge in [-0.3, -0.25) is 0 Å². The van der Waals surface area contributed by atoms with Crippen LogP contribution in [0.25, 0.3) is 11.9 Å². The summed E-state index contributed by atoms with van der Waals surface area (Å²) in [5.74, 6) is 0.348. The van der Waals surface area contributed by atoms with Crippen LogP contribution in [-0.2, 0) is 0 Å². The molecule has 0 heterocycles. The molecule has 0 aliphatic carbocycles. The van der Waals surface area contributed by atoms with Gasteiger partial charge in [-0.2, -0.15) is 0 Å². The molecule has 1 aromatic rings. The summed E-state index contributed by atoms with van der Waals surface area (Å²) in [6, 6.07) is 7.88. The van der Waals surface area contributed by atoms with Crippen LogP contribution in [0.4, 0.5) is 0 Å². The fourth-order valence-corrected chi connectivity index (χ4v) is 1.22. The molecule has 1 aromatic carbocycles. The van der Waals surface area contributed by atoms with Crippen molar-refractivity contribution in [2.45, 2.75) is 13.8 Å². The molecule has 0 radical (unpaired) electrons. The molecule has 0 aliphatic rings. The van der Waals surface area contributed by atoms with E-state index < -0.39 is 0 Å². The van der Waals surface area contributed by atoms with Crippen molar-refractivity contribution in [3.05, 3.63) is 34.7 Å². The second-order valence-electron chi connectivity index (χ2n) is 3.36. The molecular formula is C11H16N2. The Morgan fingerprint density at radius 1 is 1.31 bits per heavy atom. The van der Waals surface area contributed by atoms with Crippen molar-refractivity contribution < 1.29 is 0 Å². The van der Waals surface area contributed by atoms with Gasteiger partial charge < -0.3 is 11.5 Å². The van der Waals surface area contributed by atoms with Crippen LogP contribution in [-0.4, -0.2) is 0 Å². The maximum atomic E-state index is 5.96. The Labute approximate surface area is 78.6 Å². The highest BCUT2D eigenvalue weighted by Gasteiger charge is 1.98. The van der Waals surface area contributed by atoms with Crippen LogP contribution in [0.15, 0.2) is 24.3 Å². The van der Waals surface area contributed by atoms with E-state index in [0.717, 1.165) is 16.1 Å². The fourth-order valence-electron chi connectivity index (χ4n) is 1.22. The average Bonchev–Trinajstić information content (AvgIpc) is 2.16. The molecule has 0 amide bonds. The van der Waals surface area contributed by atoms with Gasteiger partial charge >= 0.3 is 0 Å². The summed E-state index contributed by atoms with van der Waals surface area (Å²) in [5.41, 5.74) is 12.3. The Hall–Kier alpha value is -1.44. The number of rotatable bonds is 1. The van der Waals surface area contributed by atoms with Gasteiger partial charge in [0.2, 0.25) is 0 Å². The SMILES string of the molecule is CC(C)/C(N)=c1\cccc\c1=C\N. The van der Waals surface area contributed by atoms with Gasteiger partial charge in [0.05, 0.1) is 0 Å². The molecule has 70 valence electrons. The average molecular weight is 176 g/mol. The quantitative estimate of drug-likeness (QED) is 0.638. The lowest BCUT2D eigenvalue weighted by Gasteiger charge is -2.04. The first-order valence-corrected chi connectivity index (χ1v) is 4.43. The van der Waals surface area contributed by atoms with Gasteiger partial charge in [0.25, 0.3) is 0 Å². The minimum atomic E-state index is 0.348. The molecule has 0 saturated carbocycles. The predicted molar refractivity (Wildman–Crippen MR) is 56.8 cm³/mol. The molecule has 2 heteroatoms. The smallest absolute Gasteiger partial charge is 0.0187 e. The first-order chi connectivity index (χ1) is 6.16. The number of hydrogen-bond acceptors (Lipinski definition) is 2. The zero-order chi connectivity index (χ0) is 9.84. The molecule has 0 saturated heterocycles. The van der Waals surface area contributed by atoms with Crippen molar-refractivity contribution in [1.82, 2.24) is 0 Å². The Bertz CT molecular complexity index is 391. The standard InChI is InChI=1S/C11H16N2/c1-8(2)11(13)10-6-4-3-5-9(10)7-12/h3-8H,12-13H2,1-2H3/b9-7-,11-10-. The van der Waals surface area contributed by atoms with Gasteiger partial charge in [0.1, 0.15) is 0 Å². The largest absolute Gasteiger partial charge is 0.404 e. The van der Waals surface area contributed by atoms with Crippen molar-refractivity contribution in [1.29, 1.82) is 0 Å². The van der Waals surface area contributed by atoms with Gasteiger partial charge in [0, 0.05) is 17.1 Å².